The summed E-state index contributed by atoms with van der Waals surface area (Å²) in [6.07, 6.45) is 2.18. The second-order valence-corrected chi connectivity index (χ2v) is 7.92. The number of ether oxygens (including phenoxy) is 1. The summed E-state index contributed by atoms with van der Waals surface area (Å²) in [7, 11) is 3.73. The van der Waals surface area contributed by atoms with E-state index in [0.29, 0.717) is 12.6 Å². The molecule has 9 heteroatoms. The van der Waals surface area contributed by atoms with E-state index in [9.17, 15) is 0 Å². The van der Waals surface area contributed by atoms with Gasteiger partial charge in [-0.25, -0.2) is 4.99 Å². The third-order valence-corrected chi connectivity index (χ3v) is 5.75. The number of likely N-dealkylation sites (tertiary alicyclic amines) is 1. The Kier molecular flexibility index (Phi) is 10.7. The zero-order valence-electron chi connectivity index (χ0n) is 19.0. The van der Waals surface area contributed by atoms with Gasteiger partial charge in [0.1, 0.15) is 12.4 Å². The van der Waals surface area contributed by atoms with Crippen molar-refractivity contribution in [2.24, 2.45) is 12.0 Å². The Labute approximate surface area is 202 Å². The van der Waals surface area contributed by atoms with Crippen molar-refractivity contribution in [3.05, 3.63) is 47.5 Å². The summed E-state index contributed by atoms with van der Waals surface area (Å²) in [5, 5.41) is 15.6. The monoisotopic (exact) mass is 541 g/mol. The number of halogens is 1. The number of guanidine groups is 1. The van der Waals surface area contributed by atoms with Gasteiger partial charge in [0.15, 0.2) is 11.8 Å². The van der Waals surface area contributed by atoms with E-state index in [2.05, 4.69) is 56.9 Å². The second kappa shape index (κ2) is 13.0. The summed E-state index contributed by atoms with van der Waals surface area (Å²) < 4.78 is 7.19. The molecular formula is C22H36IN7O. The third kappa shape index (κ3) is 7.73. The van der Waals surface area contributed by atoms with E-state index in [0.717, 1.165) is 56.7 Å². The highest BCUT2D eigenvalue weighted by Crippen LogP contribution is 2.13. The SMILES string of the molecule is COCCN1CCC(NC(=NCc2nnc(C)n2C)NC(C)c2ccccc2)CC1.I. The van der Waals surface area contributed by atoms with E-state index >= 15 is 0 Å². The molecule has 1 aliphatic rings. The Bertz CT molecular complexity index is 803. The number of piperidine rings is 1. The smallest absolute Gasteiger partial charge is 0.192 e. The molecule has 1 aromatic heterocycles. The molecule has 1 atom stereocenters. The molecule has 1 aliphatic heterocycles. The number of hydrogen-bond donors (Lipinski definition) is 2. The molecule has 0 amide bonds. The predicted molar refractivity (Wildman–Crippen MR) is 135 cm³/mol. The number of nitrogens with zero attached hydrogens (tertiary/aromatic N) is 5. The molecule has 172 valence electrons. The first-order chi connectivity index (χ1) is 14.6. The number of aryl methyl sites for hydroxylation is 1. The van der Waals surface area contributed by atoms with Crippen LogP contribution in [0.3, 0.4) is 0 Å². The van der Waals surface area contributed by atoms with Crippen molar-refractivity contribution in [2.75, 3.05) is 33.4 Å². The van der Waals surface area contributed by atoms with Crippen LogP contribution >= 0.6 is 24.0 Å². The van der Waals surface area contributed by atoms with Crippen LogP contribution in [0.15, 0.2) is 35.3 Å². The molecule has 1 fully saturated rings. The molecule has 2 N–H and O–H groups in total. The standard InChI is InChI=1S/C22H35N7O.HI/c1-17(19-8-6-5-7-9-19)24-22(23-16-21-27-26-18(2)28(21)3)25-20-10-12-29(13-11-20)14-15-30-4;/h5-9,17,20H,10-16H2,1-4H3,(H2,23,24,25);1H. The average Bonchev–Trinajstić information content (AvgIpc) is 3.09. The fourth-order valence-electron chi connectivity index (χ4n) is 3.62. The summed E-state index contributed by atoms with van der Waals surface area (Å²) in [5.74, 6) is 2.57. The quantitative estimate of drug-likeness (QED) is 0.304. The molecule has 0 radical (unpaired) electrons. The molecule has 0 aliphatic carbocycles. The maximum Gasteiger partial charge on any atom is 0.192 e. The van der Waals surface area contributed by atoms with Crippen molar-refractivity contribution in [3.63, 3.8) is 0 Å². The highest BCUT2D eigenvalue weighted by atomic mass is 127. The fraction of sp³-hybridized carbons (Fsp3) is 0.591. The first-order valence-electron chi connectivity index (χ1n) is 10.8. The third-order valence-electron chi connectivity index (χ3n) is 5.75. The molecule has 8 nitrogen and oxygen atoms in total. The van der Waals surface area contributed by atoms with Gasteiger partial charge in [-0.05, 0) is 32.3 Å². The van der Waals surface area contributed by atoms with Crippen LogP contribution in [0, 0.1) is 6.92 Å². The highest BCUT2D eigenvalue weighted by Gasteiger charge is 2.20. The number of benzene rings is 1. The van der Waals surface area contributed by atoms with Gasteiger partial charge < -0.3 is 24.8 Å². The highest BCUT2D eigenvalue weighted by molar-refractivity contribution is 14.0. The summed E-state index contributed by atoms with van der Waals surface area (Å²) in [4.78, 5) is 7.29. The van der Waals surface area contributed by atoms with Gasteiger partial charge in [0.25, 0.3) is 0 Å². The molecule has 1 unspecified atom stereocenters. The van der Waals surface area contributed by atoms with Crippen LogP contribution in [0.2, 0.25) is 0 Å². The summed E-state index contributed by atoms with van der Waals surface area (Å²) in [6.45, 7) is 8.53. The zero-order chi connectivity index (χ0) is 21.3. The summed E-state index contributed by atoms with van der Waals surface area (Å²) >= 11 is 0. The molecule has 3 rings (SSSR count). The van der Waals surface area contributed by atoms with Gasteiger partial charge in [-0.2, -0.15) is 0 Å². The van der Waals surface area contributed by atoms with E-state index in [4.69, 9.17) is 9.73 Å². The van der Waals surface area contributed by atoms with E-state index in [1.807, 2.05) is 24.6 Å². The van der Waals surface area contributed by atoms with Crippen molar-refractivity contribution in [1.29, 1.82) is 0 Å². The van der Waals surface area contributed by atoms with Crippen LogP contribution in [-0.2, 0) is 18.3 Å². The zero-order valence-corrected chi connectivity index (χ0v) is 21.4. The number of hydrogen-bond acceptors (Lipinski definition) is 5. The van der Waals surface area contributed by atoms with Gasteiger partial charge in [0, 0.05) is 39.8 Å². The van der Waals surface area contributed by atoms with Crippen molar-refractivity contribution >= 4 is 29.9 Å². The van der Waals surface area contributed by atoms with Gasteiger partial charge >= 0.3 is 0 Å². The Morgan fingerprint density at radius 3 is 2.55 bits per heavy atom. The average molecular weight is 541 g/mol. The van der Waals surface area contributed by atoms with Crippen LogP contribution in [-0.4, -0.2) is 65.0 Å². The Morgan fingerprint density at radius 2 is 1.94 bits per heavy atom. The number of aromatic nitrogens is 3. The molecule has 2 aromatic rings. The molecule has 0 saturated carbocycles. The molecule has 1 aromatic carbocycles. The number of rotatable bonds is 8. The van der Waals surface area contributed by atoms with Crippen LogP contribution in [0.1, 0.15) is 43.0 Å². The van der Waals surface area contributed by atoms with E-state index in [1.165, 1.54) is 5.56 Å². The topological polar surface area (TPSA) is 79.6 Å². The Balaban J connectivity index is 0.00000341. The predicted octanol–water partition coefficient (Wildman–Crippen LogP) is 2.65. The Morgan fingerprint density at radius 1 is 1.23 bits per heavy atom. The largest absolute Gasteiger partial charge is 0.383 e. The van der Waals surface area contributed by atoms with Crippen molar-refractivity contribution in [1.82, 2.24) is 30.3 Å². The van der Waals surface area contributed by atoms with E-state index in [-0.39, 0.29) is 30.0 Å². The fourth-order valence-corrected chi connectivity index (χ4v) is 3.62. The molecular weight excluding hydrogens is 505 g/mol. The first-order valence-corrected chi connectivity index (χ1v) is 10.8. The van der Waals surface area contributed by atoms with Crippen molar-refractivity contribution < 1.29 is 4.74 Å². The lowest BCUT2D eigenvalue weighted by Gasteiger charge is -2.33. The van der Waals surface area contributed by atoms with Gasteiger partial charge in [-0.15, -0.1) is 34.2 Å². The van der Waals surface area contributed by atoms with Crippen LogP contribution in [0.4, 0.5) is 0 Å². The van der Waals surface area contributed by atoms with Gasteiger partial charge in [0.05, 0.1) is 12.6 Å². The normalized spacial score (nSPS) is 16.6. The van der Waals surface area contributed by atoms with Crippen LogP contribution in [0.25, 0.3) is 0 Å². The number of nitrogens with one attached hydrogen (secondary N) is 2. The Hall–Kier alpha value is -1.72. The minimum atomic E-state index is 0. The van der Waals surface area contributed by atoms with Crippen molar-refractivity contribution in [2.45, 2.75) is 45.3 Å². The van der Waals surface area contributed by atoms with Crippen LogP contribution < -0.4 is 10.6 Å². The van der Waals surface area contributed by atoms with Crippen molar-refractivity contribution in [3.8, 4) is 0 Å². The maximum atomic E-state index is 5.21. The van der Waals surface area contributed by atoms with Crippen LogP contribution in [0.5, 0.6) is 0 Å². The summed E-state index contributed by atoms with van der Waals surface area (Å²) in [5.41, 5.74) is 1.23. The number of aliphatic imine (C=N–C) groups is 1. The molecule has 0 spiro atoms. The first kappa shape index (κ1) is 25.5. The lowest BCUT2D eigenvalue weighted by atomic mass is 10.1. The lowest BCUT2D eigenvalue weighted by Crippen LogP contribution is -2.49. The minimum Gasteiger partial charge on any atom is -0.383 e. The minimum absolute atomic E-state index is 0. The molecule has 2 heterocycles. The molecule has 31 heavy (non-hydrogen) atoms. The summed E-state index contributed by atoms with van der Waals surface area (Å²) in [6, 6.07) is 11.0. The van der Waals surface area contributed by atoms with E-state index < -0.39 is 0 Å². The maximum absolute atomic E-state index is 5.21. The second-order valence-electron chi connectivity index (χ2n) is 7.92. The molecule has 0 bridgehead atoms. The number of methoxy groups -OCH3 is 1. The van der Waals surface area contributed by atoms with Gasteiger partial charge in [-0.1, -0.05) is 30.3 Å². The van der Waals surface area contributed by atoms with Gasteiger partial charge in [0.2, 0.25) is 0 Å². The van der Waals surface area contributed by atoms with E-state index in [1.54, 1.807) is 7.11 Å². The lowest BCUT2D eigenvalue weighted by molar-refractivity contribution is 0.128. The molecule has 1 saturated heterocycles. The van der Waals surface area contributed by atoms with Gasteiger partial charge in [-0.3, -0.25) is 0 Å².